The number of benzene rings is 1. The van der Waals surface area contributed by atoms with E-state index in [9.17, 15) is 4.79 Å². The molecule has 4 nitrogen and oxygen atoms in total. The van der Waals surface area contributed by atoms with Crippen LogP contribution in [-0.4, -0.2) is 18.0 Å². The molecule has 1 aliphatic heterocycles. The molecule has 0 amide bonds. The summed E-state index contributed by atoms with van der Waals surface area (Å²) in [5.41, 5.74) is 7.59. The number of anilines is 1. The number of fused-ring (bicyclic) bond motifs is 1. The number of likely N-dealkylation sites (tertiary alicyclic amines) is 1. The molecule has 1 aromatic heterocycles. The maximum atomic E-state index is 12.1. The Morgan fingerprint density at radius 3 is 2.75 bits per heavy atom. The van der Waals surface area contributed by atoms with Crippen molar-refractivity contribution in [1.29, 1.82) is 0 Å². The second-order valence-electron chi connectivity index (χ2n) is 5.74. The van der Waals surface area contributed by atoms with Gasteiger partial charge >= 0.3 is 5.63 Å². The van der Waals surface area contributed by atoms with E-state index in [1.807, 2.05) is 18.2 Å². The molecule has 1 fully saturated rings. The number of rotatable bonds is 2. The third-order valence-electron chi connectivity index (χ3n) is 4.21. The molecule has 1 saturated heterocycles. The summed E-state index contributed by atoms with van der Waals surface area (Å²) in [6.45, 7) is 4.90. The minimum atomic E-state index is -0.306. The van der Waals surface area contributed by atoms with E-state index in [1.54, 1.807) is 6.07 Å². The number of piperidine rings is 1. The Morgan fingerprint density at radius 1 is 1.30 bits per heavy atom. The number of nitrogen functional groups attached to an aromatic ring is 1. The standard InChI is InChI=1S/C16H20N2O2/c1-11-6-8-18(9-7-11)10-13-15(17)12-4-2-3-5-14(12)20-16(13)19/h2-5,11H,6-10,17H2,1H3. The van der Waals surface area contributed by atoms with Crippen LogP contribution < -0.4 is 11.4 Å². The van der Waals surface area contributed by atoms with E-state index < -0.39 is 0 Å². The van der Waals surface area contributed by atoms with Crippen LogP contribution in [0.3, 0.4) is 0 Å². The van der Waals surface area contributed by atoms with Crippen molar-refractivity contribution in [3.63, 3.8) is 0 Å². The number of hydrogen-bond acceptors (Lipinski definition) is 4. The van der Waals surface area contributed by atoms with Crippen LogP contribution in [-0.2, 0) is 6.54 Å². The fourth-order valence-electron chi connectivity index (χ4n) is 2.81. The molecule has 3 rings (SSSR count). The lowest BCUT2D eigenvalue weighted by molar-refractivity contribution is 0.184. The topological polar surface area (TPSA) is 59.5 Å². The van der Waals surface area contributed by atoms with Gasteiger partial charge in [0, 0.05) is 11.9 Å². The van der Waals surface area contributed by atoms with Crippen LogP contribution in [0.25, 0.3) is 11.0 Å². The first kappa shape index (κ1) is 13.2. The Hall–Kier alpha value is -1.81. The van der Waals surface area contributed by atoms with E-state index >= 15 is 0 Å². The fraction of sp³-hybridized carbons (Fsp3) is 0.438. The molecule has 0 atom stereocenters. The summed E-state index contributed by atoms with van der Waals surface area (Å²) in [6, 6.07) is 7.43. The number of para-hydroxylation sites is 1. The van der Waals surface area contributed by atoms with Gasteiger partial charge in [0.05, 0.1) is 11.3 Å². The van der Waals surface area contributed by atoms with E-state index in [-0.39, 0.29) is 5.63 Å². The first-order chi connectivity index (χ1) is 9.65. The summed E-state index contributed by atoms with van der Waals surface area (Å²) in [7, 11) is 0. The van der Waals surface area contributed by atoms with Gasteiger partial charge in [-0.05, 0) is 44.0 Å². The van der Waals surface area contributed by atoms with Gasteiger partial charge in [0.15, 0.2) is 0 Å². The molecular weight excluding hydrogens is 252 g/mol. The van der Waals surface area contributed by atoms with Crippen LogP contribution in [0.1, 0.15) is 25.3 Å². The van der Waals surface area contributed by atoms with Crippen molar-refractivity contribution >= 4 is 16.7 Å². The number of nitrogens with zero attached hydrogens (tertiary/aromatic N) is 1. The average Bonchev–Trinajstić information content (AvgIpc) is 2.45. The quantitative estimate of drug-likeness (QED) is 0.854. The Labute approximate surface area is 118 Å². The van der Waals surface area contributed by atoms with Gasteiger partial charge in [-0.15, -0.1) is 0 Å². The normalized spacial score (nSPS) is 17.6. The van der Waals surface area contributed by atoms with Crippen molar-refractivity contribution in [2.45, 2.75) is 26.3 Å². The zero-order valence-corrected chi connectivity index (χ0v) is 11.8. The van der Waals surface area contributed by atoms with Crippen molar-refractivity contribution < 1.29 is 4.42 Å². The van der Waals surface area contributed by atoms with E-state index in [0.717, 1.165) is 24.4 Å². The molecule has 2 aromatic rings. The number of nitrogens with two attached hydrogens (primary N) is 1. The molecule has 4 heteroatoms. The summed E-state index contributed by atoms with van der Waals surface area (Å²) in [6.07, 6.45) is 2.36. The minimum Gasteiger partial charge on any atom is -0.422 e. The Kier molecular flexibility index (Phi) is 3.49. The van der Waals surface area contributed by atoms with Crippen LogP contribution in [0, 0.1) is 5.92 Å². The first-order valence-corrected chi connectivity index (χ1v) is 7.17. The van der Waals surface area contributed by atoms with Crippen molar-refractivity contribution in [1.82, 2.24) is 4.90 Å². The minimum absolute atomic E-state index is 0.306. The molecule has 20 heavy (non-hydrogen) atoms. The van der Waals surface area contributed by atoms with Crippen LogP contribution >= 0.6 is 0 Å². The van der Waals surface area contributed by atoms with Gasteiger partial charge < -0.3 is 10.2 Å². The Bertz CT molecular complexity index is 670. The van der Waals surface area contributed by atoms with Crippen LogP contribution in [0.15, 0.2) is 33.5 Å². The van der Waals surface area contributed by atoms with Crippen molar-refractivity contribution in [2.75, 3.05) is 18.8 Å². The highest BCUT2D eigenvalue weighted by Crippen LogP contribution is 2.24. The summed E-state index contributed by atoms with van der Waals surface area (Å²) < 4.78 is 5.37. The van der Waals surface area contributed by atoms with Crippen molar-refractivity contribution in [2.24, 2.45) is 5.92 Å². The smallest absolute Gasteiger partial charge is 0.342 e. The summed E-state index contributed by atoms with van der Waals surface area (Å²) in [5, 5.41) is 0.826. The van der Waals surface area contributed by atoms with Gasteiger partial charge in [-0.2, -0.15) is 0 Å². The molecule has 106 valence electrons. The summed E-state index contributed by atoms with van der Waals surface area (Å²) in [5.74, 6) is 0.775. The molecule has 0 saturated carbocycles. The molecule has 2 N–H and O–H groups in total. The van der Waals surface area contributed by atoms with E-state index in [0.29, 0.717) is 23.4 Å². The molecule has 1 aliphatic rings. The predicted octanol–water partition coefficient (Wildman–Crippen LogP) is 2.61. The third-order valence-corrected chi connectivity index (χ3v) is 4.21. The molecule has 0 spiro atoms. The molecule has 0 radical (unpaired) electrons. The Balaban J connectivity index is 1.93. The van der Waals surface area contributed by atoms with Crippen molar-refractivity contribution in [3.8, 4) is 0 Å². The molecule has 0 unspecified atom stereocenters. The second-order valence-corrected chi connectivity index (χ2v) is 5.74. The van der Waals surface area contributed by atoms with Gasteiger partial charge in [0.25, 0.3) is 0 Å². The summed E-state index contributed by atoms with van der Waals surface area (Å²) >= 11 is 0. The van der Waals surface area contributed by atoms with Crippen LogP contribution in [0.5, 0.6) is 0 Å². The molecular formula is C16H20N2O2. The third kappa shape index (κ3) is 2.43. The highest BCUT2D eigenvalue weighted by Gasteiger charge is 2.19. The first-order valence-electron chi connectivity index (χ1n) is 7.17. The lowest BCUT2D eigenvalue weighted by Gasteiger charge is -2.30. The molecule has 0 bridgehead atoms. The average molecular weight is 272 g/mol. The molecule has 2 heterocycles. The maximum Gasteiger partial charge on any atom is 0.342 e. The lowest BCUT2D eigenvalue weighted by Crippen LogP contribution is -2.34. The van der Waals surface area contributed by atoms with E-state index in [2.05, 4.69) is 11.8 Å². The van der Waals surface area contributed by atoms with Gasteiger partial charge in [-0.3, -0.25) is 4.90 Å². The maximum absolute atomic E-state index is 12.1. The van der Waals surface area contributed by atoms with Gasteiger partial charge in [-0.1, -0.05) is 19.1 Å². The highest BCUT2D eigenvalue weighted by atomic mass is 16.4. The van der Waals surface area contributed by atoms with Gasteiger partial charge in [-0.25, -0.2) is 4.79 Å². The van der Waals surface area contributed by atoms with Gasteiger partial charge in [0.1, 0.15) is 5.58 Å². The number of hydrogen-bond donors (Lipinski definition) is 1. The van der Waals surface area contributed by atoms with Crippen molar-refractivity contribution in [3.05, 3.63) is 40.2 Å². The van der Waals surface area contributed by atoms with E-state index in [1.165, 1.54) is 12.8 Å². The fourth-order valence-corrected chi connectivity index (χ4v) is 2.81. The van der Waals surface area contributed by atoms with E-state index in [4.69, 9.17) is 10.2 Å². The van der Waals surface area contributed by atoms with Crippen LogP contribution in [0.4, 0.5) is 5.69 Å². The lowest BCUT2D eigenvalue weighted by atomic mass is 9.99. The second kappa shape index (κ2) is 5.29. The Morgan fingerprint density at radius 2 is 2.00 bits per heavy atom. The summed E-state index contributed by atoms with van der Waals surface area (Å²) in [4.78, 5) is 14.4. The predicted molar refractivity (Wildman–Crippen MR) is 80.6 cm³/mol. The highest BCUT2D eigenvalue weighted by molar-refractivity contribution is 5.89. The van der Waals surface area contributed by atoms with Gasteiger partial charge in [0.2, 0.25) is 0 Å². The molecule has 1 aromatic carbocycles. The van der Waals surface area contributed by atoms with Crippen LogP contribution in [0.2, 0.25) is 0 Å². The monoisotopic (exact) mass is 272 g/mol. The zero-order valence-electron chi connectivity index (χ0n) is 11.8. The molecule has 0 aliphatic carbocycles. The zero-order chi connectivity index (χ0) is 14.1. The SMILES string of the molecule is CC1CCN(Cc2c(N)c3ccccc3oc2=O)CC1. The largest absolute Gasteiger partial charge is 0.422 e.